The molecule has 0 saturated carbocycles. The van der Waals surface area contributed by atoms with E-state index in [0.29, 0.717) is 0 Å². The summed E-state index contributed by atoms with van der Waals surface area (Å²) in [7, 11) is -14.2. The molecule has 0 radical (unpaired) electrons. The quantitative estimate of drug-likeness (QED) is 0.129. The van der Waals surface area contributed by atoms with E-state index in [-0.39, 0.29) is 32.7 Å². The van der Waals surface area contributed by atoms with Crippen molar-refractivity contribution in [2.45, 2.75) is 14.7 Å². The predicted octanol–water partition coefficient (Wildman–Crippen LogP) is 4.81. The SMILES string of the molecule is O=C(O)c1cc(/N=N/c2ccc(S(=O)(=O)O)cc2)ccc1/N=N/c1c(S(=O)(=O)O)cc2cc(S(=O)(=O)O)ccc2c1O. The zero-order valence-electron chi connectivity index (χ0n) is 20.5. The molecule has 5 N–H and O–H groups in total. The van der Waals surface area contributed by atoms with Crippen molar-refractivity contribution in [3.05, 3.63) is 72.3 Å². The van der Waals surface area contributed by atoms with Gasteiger partial charge in [0, 0.05) is 5.39 Å². The van der Waals surface area contributed by atoms with Gasteiger partial charge in [-0.15, -0.1) is 10.2 Å². The lowest BCUT2D eigenvalue weighted by atomic mass is 10.1. The highest BCUT2D eigenvalue weighted by atomic mass is 32.2. The summed E-state index contributed by atoms with van der Waals surface area (Å²) < 4.78 is 97.2. The molecular weight excluding hydrogens is 620 g/mol. The van der Waals surface area contributed by atoms with Crippen molar-refractivity contribution in [3.63, 3.8) is 0 Å². The maximum atomic E-state index is 12.0. The normalized spacial score (nSPS) is 12.8. The van der Waals surface area contributed by atoms with Crippen LogP contribution in [0.15, 0.2) is 102 Å². The van der Waals surface area contributed by atoms with Crippen molar-refractivity contribution in [2.75, 3.05) is 0 Å². The molecule has 0 fully saturated rings. The molecule has 218 valence electrons. The first-order chi connectivity index (χ1) is 19.4. The maximum absolute atomic E-state index is 12.0. The third-order valence-electron chi connectivity index (χ3n) is 5.48. The largest absolute Gasteiger partial charge is 0.505 e. The number of azo groups is 2. The second-order valence-electron chi connectivity index (χ2n) is 8.28. The van der Waals surface area contributed by atoms with Gasteiger partial charge in [0.25, 0.3) is 30.4 Å². The lowest BCUT2D eigenvalue weighted by Gasteiger charge is -2.10. The van der Waals surface area contributed by atoms with Gasteiger partial charge in [-0.05, 0) is 72.1 Å². The molecule has 0 aromatic heterocycles. The highest BCUT2D eigenvalue weighted by Crippen LogP contribution is 2.42. The Morgan fingerprint density at radius 2 is 1.19 bits per heavy atom. The number of carboxylic acids is 1. The molecule has 0 bridgehead atoms. The molecule has 0 aliphatic heterocycles. The van der Waals surface area contributed by atoms with Crippen LogP contribution in [-0.4, -0.2) is 55.1 Å². The molecule has 0 amide bonds. The monoisotopic (exact) mass is 636 g/mol. The number of phenols is 1. The van der Waals surface area contributed by atoms with E-state index in [1.165, 1.54) is 18.2 Å². The number of hydrogen-bond acceptors (Lipinski definition) is 12. The van der Waals surface area contributed by atoms with Crippen LogP contribution < -0.4 is 0 Å². The summed E-state index contributed by atoms with van der Waals surface area (Å²) in [6.07, 6.45) is 0. The van der Waals surface area contributed by atoms with Crippen LogP contribution in [0.5, 0.6) is 5.75 Å². The van der Waals surface area contributed by atoms with Crippen LogP contribution in [0.25, 0.3) is 10.8 Å². The summed E-state index contributed by atoms with van der Waals surface area (Å²) in [6.45, 7) is 0. The van der Waals surface area contributed by atoms with Gasteiger partial charge >= 0.3 is 5.97 Å². The molecule has 0 heterocycles. The molecule has 4 aromatic rings. The summed E-state index contributed by atoms with van der Waals surface area (Å²) >= 11 is 0. The number of aromatic hydroxyl groups is 1. The van der Waals surface area contributed by atoms with Gasteiger partial charge in [0.1, 0.15) is 16.3 Å². The van der Waals surface area contributed by atoms with Gasteiger partial charge in [0.2, 0.25) is 0 Å². The van der Waals surface area contributed by atoms with Gasteiger partial charge in [0.15, 0.2) is 5.75 Å². The first-order valence-electron chi connectivity index (χ1n) is 11.0. The Kier molecular flexibility index (Phi) is 7.91. The second kappa shape index (κ2) is 11.0. The molecule has 0 atom stereocenters. The molecule has 0 spiro atoms. The lowest BCUT2D eigenvalue weighted by molar-refractivity contribution is 0.0697. The van der Waals surface area contributed by atoms with E-state index in [4.69, 9.17) is 4.55 Å². The molecule has 42 heavy (non-hydrogen) atoms. The van der Waals surface area contributed by atoms with Gasteiger partial charge in [-0.2, -0.15) is 35.5 Å². The highest BCUT2D eigenvalue weighted by molar-refractivity contribution is 7.86. The van der Waals surface area contributed by atoms with Crippen LogP contribution in [0.2, 0.25) is 0 Å². The molecular formula is C23H16N4O12S3. The van der Waals surface area contributed by atoms with Gasteiger partial charge in [-0.3, -0.25) is 13.7 Å². The Morgan fingerprint density at radius 3 is 1.76 bits per heavy atom. The number of benzene rings is 4. The fraction of sp³-hybridized carbons (Fsp3) is 0. The van der Waals surface area contributed by atoms with Crippen molar-refractivity contribution < 1.29 is 53.9 Å². The fourth-order valence-electron chi connectivity index (χ4n) is 3.53. The van der Waals surface area contributed by atoms with Crippen molar-refractivity contribution in [1.82, 2.24) is 0 Å². The van der Waals surface area contributed by atoms with Crippen LogP contribution in [-0.2, 0) is 30.4 Å². The molecule has 4 aromatic carbocycles. The molecule has 16 nitrogen and oxygen atoms in total. The van der Waals surface area contributed by atoms with E-state index in [1.54, 1.807) is 0 Å². The van der Waals surface area contributed by atoms with Crippen molar-refractivity contribution in [1.29, 1.82) is 0 Å². The summed E-state index contributed by atoms with van der Waals surface area (Å²) in [4.78, 5) is 9.87. The van der Waals surface area contributed by atoms with Crippen LogP contribution in [0, 0.1) is 0 Å². The van der Waals surface area contributed by atoms with E-state index >= 15 is 0 Å². The second-order valence-corrected chi connectivity index (χ2v) is 12.5. The first kappa shape index (κ1) is 30.3. The molecule has 4 rings (SSSR count). The molecule has 0 unspecified atom stereocenters. The number of aromatic carboxylic acids is 1. The number of phenolic OH excluding ortho intramolecular Hbond substituents is 1. The standard InChI is InChI=1S/C23H16N4O12S3/c28-22-17-7-6-16(41(34,35)36)9-12(17)10-20(42(37,38)39)21(22)27-26-19-8-3-14(11-18(19)23(29)30)25-24-13-1-4-15(5-2-13)40(31,32)33/h1-11,28H,(H,29,30)(H,31,32,33)(H,34,35,36)(H,37,38,39)/b25-24+,27-26+. The third kappa shape index (κ3) is 6.62. The van der Waals surface area contributed by atoms with Crippen molar-refractivity contribution >= 4 is 69.8 Å². The Labute approximate surface area is 236 Å². The predicted molar refractivity (Wildman–Crippen MR) is 143 cm³/mol. The first-order valence-corrected chi connectivity index (χ1v) is 15.3. The molecule has 0 aliphatic carbocycles. The average molecular weight is 637 g/mol. The van der Waals surface area contributed by atoms with Gasteiger partial charge in [0.05, 0.1) is 26.7 Å². The van der Waals surface area contributed by atoms with Crippen molar-refractivity contribution in [3.8, 4) is 5.75 Å². The van der Waals surface area contributed by atoms with Gasteiger partial charge in [-0.1, -0.05) is 0 Å². The zero-order valence-corrected chi connectivity index (χ0v) is 22.9. The number of rotatable bonds is 8. The fourth-order valence-corrected chi connectivity index (χ4v) is 5.19. The molecule has 19 heteroatoms. The minimum Gasteiger partial charge on any atom is -0.505 e. The molecule has 0 aliphatic rings. The summed E-state index contributed by atoms with van der Waals surface area (Å²) in [6, 6.07) is 11.6. The summed E-state index contributed by atoms with van der Waals surface area (Å²) in [5.41, 5.74) is -1.44. The van der Waals surface area contributed by atoms with Crippen LogP contribution >= 0.6 is 0 Å². The van der Waals surface area contributed by atoms with Gasteiger partial charge < -0.3 is 10.2 Å². The van der Waals surface area contributed by atoms with Crippen molar-refractivity contribution in [2.24, 2.45) is 20.5 Å². The van der Waals surface area contributed by atoms with Crippen LogP contribution in [0.3, 0.4) is 0 Å². The molecule has 0 saturated heterocycles. The third-order valence-corrected chi connectivity index (χ3v) is 8.07. The Hall–Kier alpha value is -4.66. The van der Waals surface area contributed by atoms with E-state index in [0.717, 1.165) is 48.5 Å². The maximum Gasteiger partial charge on any atom is 0.338 e. The number of fused-ring (bicyclic) bond motifs is 1. The van der Waals surface area contributed by atoms with E-state index < -0.39 is 63.1 Å². The summed E-state index contributed by atoms with van der Waals surface area (Å²) in [5, 5.41) is 35.0. The number of nitrogens with zero attached hydrogens (tertiary/aromatic N) is 4. The number of carboxylic acid groups (broad SMARTS) is 1. The number of carbonyl (C=O) groups is 1. The lowest BCUT2D eigenvalue weighted by Crippen LogP contribution is -2.01. The average Bonchev–Trinajstić information content (AvgIpc) is 2.90. The minimum absolute atomic E-state index is 0.00650. The van der Waals surface area contributed by atoms with Gasteiger partial charge in [-0.25, -0.2) is 4.79 Å². The van der Waals surface area contributed by atoms with E-state index in [2.05, 4.69) is 20.5 Å². The smallest absolute Gasteiger partial charge is 0.338 e. The summed E-state index contributed by atoms with van der Waals surface area (Å²) in [5.74, 6) is -2.36. The Morgan fingerprint density at radius 1 is 0.619 bits per heavy atom. The zero-order chi connectivity index (χ0) is 31.0. The minimum atomic E-state index is -5.09. The highest BCUT2D eigenvalue weighted by Gasteiger charge is 2.23. The number of hydrogen-bond donors (Lipinski definition) is 5. The topological polar surface area (TPSA) is 270 Å². The van der Waals surface area contributed by atoms with E-state index in [9.17, 15) is 49.4 Å². The van der Waals surface area contributed by atoms with Crippen LogP contribution in [0.4, 0.5) is 22.7 Å². The Bertz CT molecular complexity index is 2150. The van der Waals surface area contributed by atoms with E-state index in [1.807, 2.05) is 0 Å². The Balaban J connectivity index is 1.75. The van der Waals surface area contributed by atoms with Crippen LogP contribution in [0.1, 0.15) is 10.4 Å².